The number of carboxylic acids is 2. The normalized spacial score (nSPS) is 12.1. The summed E-state index contributed by atoms with van der Waals surface area (Å²) in [6.07, 6.45) is 1.52. The summed E-state index contributed by atoms with van der Waals surface area (Å²) in [6, 6.07) is 6.90. The molecule has 0 amide bonds. The highest BCUT2D eigenvalue weighted by molar-refractivity contribution is 7.98. The quantitative estimate of drug-likeness (QED) is 0.770. The van der Waals surface area contributed by atoms with Crippen molar-refractivity contribution in [2.75, 3.05) is 6.26 Å². The molecule has 1 aromatic rings. The number of thioether (sulfide) groups is 1. The van der Waals surface area contributed by atoms with Crippen LogP contribution in [0.25, 0.3) is 0 Å². The Labute approximate surface area is 97.3 Å². The van der Waals surface area contributed by atoms with Gasteiger partial charge < -0.3 is 10.2 Å². The molecule has 1 aromatic carbocycles. The van der Waals surface area contributed by atoms with Crippen molar-refractivity contribution in [3.63, 3.8) is 0 Å². The first-order valence-corrected chi connectivity index (χ1v) is 5.85. The minimum atomic E-state index is -1.11. The van der Waals surface area contributed by atoms with Gasteiger partial charge in [0.25, 0.3) is 0 Å². The maximum absolute atomic E-state index is 10.9. The predicted molar refractivity (Wildman–Crippen MR) is 60.9 cm³/mol. The van der Waals surface area contributed by atoms with Crippen LogP contribution in [0.2, 0.25) is 0 Å². The fourth-order valence-electron chi connectivity index (χ4n) is 1.36. The van der Waals surface area contributed by atoms with Crippen LogP contribution in [0.3, 0.4) is 0 Å². The van der Waals surface area contributed by atoms with Crippen LogP contribution in [-0.4, -0.2) is 28.4 Å². The molecule has 0 heterocycles. The number of hydrogen-bond donors (Lipinski definition) is 2. The second kappa shape index (κ2) is 5.55. The van der Waals surface area contributed by atoms with Gasteiger partial charge in [-0.15, -0.1) is 11.8 Å². The summed E-state index contributed by atoms with van der Waals surface area (Å²) in [5.74, 6) is -3.20. The average Bonchev–Trinajstić information content (AvgIpc) is 2.25. The molecule has 0 saturated carbocycles. The van der Waals surface area contributed by atoms with Crippen molar-refractivity contribution in [1.29, 1.82) is 0 Å². The Hall–Kier alpha value is -1.49. The maximum Gasteiger partial charge on any atom is 0.311 e. The zero-order chi connectivity index (χ0) is 12.1. The van der Waals surface area contributed by atoms with E-state index in [2.05, 4.69) is 0 Å². The molecule has 0 spiro atoms. The van der Waals surface area contributed by atoms with Crippen LogP contribution in [0.5, 0.6) is 0 Å². The molecular weight excluding hydrogens is 228 g/mol. The Balaban J connectivity index is 2.92. The van der Waals surface area contributed by atoms with Gasteiger partial charge in [0.2, 0.25) is 0 Å². The summed E-state index contributed by atoms with van der Waals surface area (Å²) >= 11 is 1.55. The fourth-order valence-corrected chi connectivity index (χ4v) is 1.77. The number of benzene rings is 1. The van der Waals surface area contributed by atoms with Crippen molar-refractivity contribution in [3.8, 4) is 0 Å². The highest BCUT2D eigenvalue weighted by atomic mass is 32.2. The third-order valence-electron chi connectivity index (χ3n) is 2.20. The lowest BCUT2D eigenvalue weighted by Gasteiger charge is -2.10. The van der Waals surface area contributed by atoms with Crippen molar-refractivity contribution in [2.45, 2.75) is 17.2 Å². The van der Waals surface area contributed by atoms with E-state index >= 15 is 0 Å². The first kappa shape index (κ1) is 12.6. The Morgan fingerprint density at radius 3 is 2.19 bits per heavy atom. The van der Waals surface area contributed by atoms with Gasteiger partial charge in [-0.2, -0.15) is 0 Å². The summed E-state index contributed by atoms with van der Waals surface area (Å²) in [6.45, 7) is 0. The van der Waals surface area contributed by atoms with Crippen LogP contribution in [0.4, 0.5) is 0 Å². The maximum atomic E-state index is 10.9. The van der Waals surface area contributed by atoms with Gasteiger partial charge in [0.1, 0.15) is 0 Å². The third-order valence-corrected chi connectivity index (χ3v) is 2.94. The molecule has 0 radical (unpaired) electrons. The molecule has 16 heavy (non-hydrogen) atoms. The molecule has 2 N–H and O–H groups in total. The average molecular weight is 240 g/mol. The van der Waals surface area contributed by atoms with E-state index in [1.165, 1.54) is 0 Å². The summed E-state index contributed by atoms with van der Waals surface area (Å²) in [5.41, 5.74) is 0.521. The van der Waals surface area contributed by atoms with Gasteiger partial charge in [-0.25, -0.2) is 0 Å². The van der Waals surface area contributed by atoms with E-state index in [-0.39, 0.29) is 0 Å². The van der Waals surface area contributed by atoms with Crippen LogP contribution < -0.4 is 0 Å². The Morgan fingerprint density at radius 1 is 1.25 bits per heavy atom. The first-order chi connectivity index (χ1) is 7.54. The Kier molecular flexibility index (Phi) is 4.37. The molecule has 0 aliphatic carbocycles. The van der Waals surface area contributed by atoms with Gasteiger partial charge in [0, 0.05) is 4.90 Å². The molecule has 0 aromatic heterocycles. The molecule has 0 saturated heterocycles. The van der Waals surface area contributed by atoms with E-state index in [4.69, 9.17) is 10.2 Å². The number of carboxylic acid groups (broad SMARTS) is 2. The van der Waals surface area contributed by atoms with E-state index in [0.29, 0.717) is 5.56 Å². The lowest BCUT2D eigenvalue weighted by atomic mass is 9.96. The molecule has 0 aliphatic heterocycles. The zero-order valence-electron chi connectivity index (χ0n) is 8.71. The largest absolute Gasteiger partial charge is 0.481 e. The molecule has 1 unspecified atom stereocenters. The number of carbonyl (C=O) groups is 2. The van der Waals surface area contributed by atoms with Crippen molar-refractivity contribution >= 4 is 23.7 Å². The van der Waals surface area contributed by atoms with Crippen LogP contribution >= 0.6 is 11.8 Å². The molecule has 5 heteroatoms. The molecule has 1 atom stereocenters. The molecule has 0 aliphatic rings. The summed E-state index contributed by atoms with van der Waals surface area (Å²) in [4.78, 5) is 22.5. The lowest BCUT2D eigenvalue weighted by Crippen LogP contribution is -2.15. The minimum Gasteiger partial charge on any atom is -0.481 e. The first-order valence-electron chi connectivity index (χ1n) is 4.63. The minimum absolute atomic E-state index is 0.395. The van der Waals surface area contributed by atoms with E-state index in [1.54, 1.807) is 36.0 Å². The topological polar surface area (TPSA) is 74.6 Å². The standard InChI is InChI=1S/C11H12O4S/c1-16-8-4-2-7(3-5-8)9(11(14)15)6-10(12)13/h2-5,9H,6H2,1H3,(H,12,13)(H,14,15). The summed E-state index contributed by atoms with van der Waals surface area (Å²) in [5, 5.41) is 17.6. The Bertz CT molecular complexity index is 385. The van der Waals surface area contributed by atoms with Crippen molar-refractivity contribution in [2.24, 2.45) is 0 Å². The second-order valence-electron chi connectivity index (χ2n) is 3.26. The molecule has 86 valence electrons. The zero-order valence-corrected chi connectivity index (χ0v) is 9.53. The smallest absolute Gasteiger partial charge is 0.311 e. The van der Waals surface area contributed by atoms with Gasteiger partial charge in [-0.1, -0.05) is 12.1 Å². The van der Waals surface area contributed by atoms with Gasteiger partial charge in [-0.05, 0) is 24.0 Å². The molecule has 1 rings (SSSR count). The third kappa shape index (κ3) is 3.27. The highest BCUT2D eigenvalue weighted by Gasteiger charge is 2.22. The predicted octanol–water partition coefficient (Wildman–Crippen LogP) is 2.05. The van der Waals surface area contributed by atoms with Crippen LogP contribution in [0.15, 0.2) is 29.2 Å². The number of aliphatic carboxylic acids is 2. The SMILES string of the molecule is CSc1ccc(C(CC(=O)O)C(=O)O)cc1. The molecule has 0 bridgehead atoms. The van der Waals surface area contributed by atoms with Crippen molar-refractivity contribution < 1.29 is 19.8 Å². The van der Waals surface area contributed by atoms with E-state index in [0.717, 1.165) is 4.90 Å². The van der Waals surface area contributed by atoms with Crippen molar-refractivity contribution in [1.82, 2.24) is 0 Å². The lowest BCUT2D eigenvalue weighted by molar-refractivity contribution is -0.145. The monoisotopic (exact) mass is 240 g/mol. The second-order valence-corrected chi connectivity index (χ2v) is 4.14. The summed E-state index contributed by atoms with van der Waals surface area (Å²) in [7, 11) is 0. The molecule has 4 nitrogen and oxygen atoms in total. The van der Waals surface area contributed by atoms with E-state index in [9.17, 15) is 9.59 Å². The fraction of sp³-hybridized carbons (Fsp3) is 0.273. The van der Waals surface area contributed by atoms with Crippen molar-refractivity contribution in [3.05, 3.63) is 29.8 Å². The van der Waals surface area contributed by atoms with Gasteiger partial charge in [0.05, 0.1) is 12.3 Å². The van der Waals surface area contributed by atoms with Crippen LogP contribution in [-0.2, 0) is 9.59 Å². The van der Waals surface area contributed by atoms with Gasteiger partial charge >= 0.3 is 11.9 Å². The van der Waals surface area contributed by atoms with E-state index < -0.39 is 24.3 Å². The van der Waals surface area contributed by atoms with Gasteiger partial charge in [-0.3, -0.25) is 9.59 Å². The van der Waals surface area contributed by atoms with E-state index in [1.807, 2.05) is 6.26 Å². The number of hydrogen-bond acceptors (Lipinski definition) is 3. The number of rotatable bonds is 5. The van der Waals surface area contributed by atoms with Crippen LogP contribution in [0, 0.1) is 0 Å². The highest BCUT2D eigenvalue weighted by Crippen LogP contribution is 2.23. The van der Waals surface area contributed by atoms with Crippen LogP contribution in [0.1, 0.15) is 17.9 Å². The molecule has 0 fully saturated rings. The van der Waals surface area contributed by atoms with Gasteiger partial charge in [0.15, 0.2) is 0 Å². The Morgan fingerprint density at radius 2 is 1.81 bits per heavy atom. The molecular formula is C11H12O4S. The summed E-state index contributed by atoms with van der Waals surface area (Å²) < 4.78 is 0.